The third-order valence-corrected chi connectivity index (χ3v) is 6.90. The molecule has 0 bridgehead atoms. The molecule has 0 radical (unpaired) electrons. The predicted octanol–water partition coefficient (Wildman–Crippen LogP) is 1.06. The van der Waals surface area contributed by atoms with Gasteiger partial charge in [0.15, 0.2) is 18.2 Å². The van der Waals surface area contributed by atoms with E-state index < -0.39 is 6.09 Å². The lowest BCUT2D eigenvalue weighted by atomic mass is 9.88. The minimum atomic E-state index is -0.456. The van der Waals surface area contributed by atoms with Crippen LogP contribution in [0.5, 0.6) is 11.8 Å². The topological polar surface area (TPSA) is 150 Å². The highest BCUT2D eigenvalue weighted by Gasteiger charge is 2.46. The Morgan fingerprint density at radius 2 is 2.05 bits per heavy atom. The second-order valence-corrected chi connectivity index (χ2v) is 9.14. The smallest absolute Gasteiger partial charge is 0.416 e. The van der Waals surface area contributed by atoms with Gasteiger partial charge >= 0.3 is 12.1 Å². The number of carbonyl (C=O) groups excluding carboxylic acids is 2. The molecule has 192 valence electrons. The van der Waals surface area contributed by atoms with Crippen LogP contribution in [-0.4, -0.2) is 70.0 Å². The molecule has 1 saturated heterocycles. The van der Waals surface area contributed by atoms with Gasteiger partial charge in [-0.1, -0.05) is 0 Å². The first-order chi connectivity index (χ1) is 18.0. The number of nitrogens with zero attached hydrogens (tertiary/aromatic N) is 5. The summed E-state index contributed by atoms with van der Waals surface area (Å²) in [7, 11) is 1.48. The highest BCUT2D eigenvalue weighted by atomic mass is 16.6. The van der Waals surface area contributed by atoms with Crippen LogP contribution < -0.4 is 30.6 Å². The molecule has 5 heterocycles. The molecule has 0 unspecified atom stereocenters. The molecule has 1 aliphatic carbocycles. The van der Waals surface area contributed by atoms with Crippen LogP contribution in [0, 0.1) is 0 Å². The lowest BCUT2D eigenvalue weighted by Crippen LogP contribution is -2.46. The van der Waals surface area contributed by atoms with Crippen molar-refractivity contribution in [2.45, 2.75) is 44.0 Å². The molecule has 2 aliphatic heterocycles. The molecular weight excluding hydrogens is 482 g/mol. The summed E-state index contributed by atoms with van der Waals surface area (Å²) in [6.07, 6.45) is 3.05. The lowest BCUT2D eigenvalue weighted by Gasteiger charge is -2.33. The number of aromatic nitrogens is 4. The highest BCUT2D eigenvalue weighted by Crippen LogP contribution is 2.37. The van der Waals surface area contributed by atoms with Crippen molar-refractivity contribution in [3.63, 3.8) is 0 Å². The lowest BCUT2D eigenvalue weighted by molar-refractivity contribution is -0.118. The van der Waals surface area contributed by atoms with Crippen LogP contribution in [-0.2, 0) is 16.1 Å². The fourth-order valence-corrected chi connectivity index (χ4v) is 5.14. The molecule has 0 spiro atoms. The maximum absolute atomic E-state index is 12.8. The number of methoxy groups -OCH3 is 1. The molecule has 3 atom stereocenters. The van der Waals surface area contributed by atoms with E-state index in [1.54, 1.807) is 33.9 Å². The number of pyridine rings is 2. The summed E-state index contributed by atoms with van der Waals surface area (Å²) < 4.78 is 17.8. The number of rotatable bonds is 6. The van der Waals surface area contributed by atoms with Gasteiger partial charge in [0.05, 0.1) is 13.2 Å². The summed E-state index contributed by atoms with van der Waals surface area (Å²) in [5.74, 6) is 0.895. The van der Waals surface area contributed by atoms with E-state index in [0.717, 1.165) is 11.8 Å². The zero-order valence-electron chi connectivity index (χ0n) is 20.0. The Morgan fingerprint density at radius 1 is 1.16 bits per heavy atom. The van der Waals surface area contributed by atoms with E-state index in [-0.39, 0.29) is 42.3 Å². The summed E-state index contributed by atoms with van der Waals surface area (Å²) in [4.78, 5) is 51.4. The van der Waals surface area contributed by atoms with Crippen LogP contribution in [0.2, 0.25) is 0 Å². The van der Waals surface area contributed by atoms with Gasteiger partial charge in [0, 0.05) is 43.2 Å². The van der Waals surface area contributed by atoms with Crippen LogP contribution in [0.4, 0.5) is 16.4 Å². The SMILES string of the molecule is COc1ncc2ccc(=O)n(CCN[C@H]3CC[C@H]4[C@@H](C3)OC(=O)N4c3ccc4c(n3)NC(=O)CO4)c2n1. The van der Waals surface area contributed by atoms with E-state index in [4.69, 9.17) is 14.2 Å². The highest BCUT2D eigenvalue weighted by molar-refractivity contribution is 5.95. The van der Waals surface area contributed by atoms with Crippen molar-refractivity contribution in [1.82, 2.24) is 24.8 Å². The van der Waals surface area contributed by atoms with Crippen molar-refractivity contribution in [2.75, 3.05) is 30.5 Å². The first-order valence-corrected chi connectivity index (χ1v) is 12.1. The van der Waals surface area contributed by atoms with Crippen LogP contribution in [0.25, 0.3) is 11.0 Å². The van der Waals surface area contributed by atoms with Gasteiger partial charge in [0.25, 0.3) is 11.5 Å². The number of fused-ring (bicyclic) bond motifs is 3. The number of hydrogen-bond acceptors (Lipinski definition) is 10. The average Bonchev–Trinajstić information content (AvgIpc) is 3.24. The predicted molar refractivity (Wildman–Crippen MR) is 131 cm³/mol. The summed E-state index contributed by atoms with van der Waals surface area (Å²) in [6.45, 7) is 0.896. The number of ether oxygens (including phenoxy) is 3. The Kier molecular flexibility index (Phi) is 5.83. The summed E-state index contributed by atoms with van der Waals surface area (Å²) in [6, 6.07) is 6.76. The summed E-state index contributed by atoms with van der Waals surface area (Å²) in [5, 5.41) is 6.92. The third kappa shape index (κ3) is 4.31. The average molecular weight is 508 g/mol. The molecular formula is C24H25N7O6. The molecule has 2 fully saturated rings. The fourth-order valence-electron chi connectivity index (χ4n) is 5.14. The first-order valence-electron chi connectivity index (χ1n) is 12.1. The number of anilines is 2. The first kappa shape index (κ1) is 23.2. The van der Waals surface area contributed by atoms with Gasteiger partial charge in [-0.25, -0.2) is 14.8 Å². The second-order valence-electron chi connectivity index (χ2n) is 9.14. The fraction of sp³-hybridized carbons (Fsp3) is 0.417. The van der Waals surface area contributed by atoms with Gasteiger partial charge in [0.1, 0.15) is 17.6 Å². The maximum atomic E-state index is 12.8. The normalized spacial score (nSPS) is 22.6. The van der Waals surface area contributed by atoms with Crippen LogP contribution >= 0.6 is 0 Å². The van der Waals surface area contributed by atoms with Gasteiger partial charge in [-0.3, -0.25) is 19.1 Å². The molecule has 37 heavy (non-hydrogen) atoms. The Bertz CT molecular complexity index is 1440. The zero-order valence-corrected chi connectivity index (χ0v) is 20.0. The van der Waals surface area contributed by atoms with Gasteiger partial charge in [-0.05, 0) is 31.0 Å². The minimum Gasteiger partial charge on any atom is -0.480 e. The molecule has 2 amide bonds. The van der Waals surface area contributed by atoms with Crippen LogP contribution in [0.1, 0.15) is 19.3 Å². The Balaban J connectivity index is 1.11. The van der Waals surface area contributed by atoms with Crippen molar-refractivity contribution in [3.05, 3.63) is 40.8 Å². The molecule has 3 aliphatic rings. The van der Waals surface area contributed by atoms with Crippen molar-refractivity contribution in [1.29, 1.82) is 0 Å². The van der Waals surface area contributed by atoms with Crippen molar-refractivity contribution < 1.29 is 23.8 Å². The van der Waals surface area contributed by atoms with Crippen molar-refractivity contribution >= 4 is 34.7 Å². The molecule has 13 nitrogen and oxygen atoms in total. The molecule has 1 saturated carbocycles. The second kappa shape index (κ2) is 9.32. The Hall–Kier alpha value is -4.26. The van der Waals surface area contributed by atoms with Gasteiger partial charge < -0.3 is 24.8 Å². The standard InChI is InChI=1S/C24H25N7O6/c1-35-23-26-11-13-2-7-20(33)30(22(13)29-23)9-8-25-14-3-4-15-17(10-14)37-24(34)31(15)18-6-5-16-21(27-18)28-19(32)12-36-16/h2,5-7,11,14-15,17,25H,3-4,8-10,12H2,1H3,(H,27,28,32)/t14-,15-,17+/m0/s1. The molecule has 3 aromatic rings. The van der Waals surface area contributed by atoms with E-state index in [2.05, 4.69) is 25.6 Å². The molecule has 2 N–H and O–H groups in total. The third-order valence-electron chi connectivity index (χ3n) is 6.90. The molecule has 0 aromatic carbocycles. The molecule has 13 heteroatoms. The largest absolute Gasteiger partial charge is 0.480 e. The molecule has 3 aromatic heterocycles. The Morgan fingerprint density at radius 3 is 2.92 bits per heavy atom. The zero-order chi connectivity index (χ0) is 25.5. The number of nitrogens with one attached hydrogen (secondary N) is 2. The Labute approximate surface area is 210 Å². The van der Waals surface area contributed by atoms with Crippen LogP contribution in [0.3, 0.4) is 0 Å². The van der Waals surface area contributed by atoms with Crippen LogP contribution in [0.15, 0.2) is 35.3 Å². The van der Waals surface area contributed by atoms with Gasteiger partial charge in [0.2, 0.25) is 0 Å². The minimum absolute atomic E-state index is 0.0596. The van der Waals surface area contributed by atoms with E-state index in [0.29, 0.717) is 49.0 Å². The number of carbonyl (C=O) groups is 2. The van der Waals surface area contributed by atoms with E-state index in [9.17, 15) is 14.4 Å². The van der Waals surface area contributed by atoms with E-state index in [1.807, 2.05) is 0 Å². The van der Waals surface area contributed by atoms with Gasteiger partial charge in [-0.2, -0.15) is 4.98 Å². The number of amides is 2. The maximum Gasteiger partial charge on any atom is 0.416 e. The summed E-state index contributed by atoms with van der Waals surface area (Å²) in [5.41, 5.74) is 0.364. The number of hydrogen-bond donors (Lipinski definition) is 2. The molecule has 6 rings (SSSR count). The van der Waals surface area contributed by atoms with E-state index in [1.165, 1.54) is 13.2 Å². The van der Waals surface area contributed by atoms with E-state index >= 15 is 0 Å². The quantitative estimate of drug-likeness (QED) is 0.496. The van der Waals surface area contributed by atoms with Crippen molar-refractivity contribution in [2.24, 2.45) is 0 Å². The monoisotopic (exact) mass is 507 g/mol. The summed E-state index contributed by atoms with van der Waals surface area (Å²) >= 11 is 0. The van der Waals surface area contributed by atoms with Gasteiger partial charge in [-0.15, -0.1) is 0 Å². The van der Waals surface area contributed by atoms with Crippen molar-refractivity contribution in [3.8, 4) is 11.8 Å².